The number of rotatable bonds is 6. The first kappa shape index (κ1) is 16.4. The summed E-state index contributed by atoms with van der Waals surface area (Å²) >= 11 is 0. The van der Waals surface area contributed by atoms with Crippen molar-refractivity contribution >= 4 is 5.96 Å². The van der Waals surface area contributed by atoms with Gasteiger partial charge >= 0.3 is 0 Å². The quantitative estimate of drug-likeness (QED) is 0.461. The summed E-state index contributed by atoms with van der Waals surface area (Å²) in [6, 6.07) is 0. The Hall–Kier alpha value is -1.63. The zero-order valence-electron chi connectivity index (χ0n) is 13.0. The van der Waals surface area contributed by atoms with E-state index in [2.05, 4.69) is 25.8 Å². The smallest absolute Gasteiger partial charge is 0.232 e. The molecule has 2 N–H and O–H groups in total. The summed E-state index contributed by atoms with van der Waals surface area (Å²) in [5, 5.41) is 10.2. The Labute approximate surface area is 120 Å². The van der Waals surface area contributed by atoms with Gasteiger partial charge in [-0.15, -0.1) is 0 Å². The fourth-order valence-corrected chi connectivity index (χ4v) is 1.40. The molecule has 0 aliphatic rings. The molecule has 0 fully saturated rings. The summed E-state index contributed by atoms with van der Waals surface area (Å²) in [7, 11) is 1.72. The van der Waals surface area contributed by atoms with Crippen LogP contribution in [0.5, 0.6) is 0 Å². The number of guanidine groups is 1. The van der Waals surface area contributed by atoms with Crippen LogP contribution in [0, 0.1) is 0 Å². The fourth-order valence-electron chi connectivity index (χ4n) is 1.40. The minimum atomic E-state index is -0.136. The number of ether oxygens (including phenoxy) is 1. The van der Waals surface area contributed by atoms with E-state index in [9.17, 15) is 0 Å². The molecule has 0 aliphatic carbocycles. The zero-order chi connectivity index (χ0) is 15.0. The average molecular weight is 283 g/mol. The first-order chi connectivity index (χ1) is 9.47. The first-order valence-electron chi connectivity index (χ1n) is 6.82. The number of aliphatic imine (C=N–C) groups is 1. The van der Waals surface area contributed by atoms with Crippen molar-refractivity contribution in [2.75, 3.05) is 26.8 Å². The maximum absolute atomic E-state index is 5.25. The van der Waals surface area contributed by atoms with Gasteiger partial charge < -0.3 is 19.9 Å². The number of hydrogen-bond donors (Lipinski definition) is 2. The van der Waals surface area contributed by atoms with Gasteiger partial charge in [0.25, 0.3) is 0 Å². The highest BCUT2D eigenvalue weighted by molar-refractivity contribution is 5.79. The van der Waals surface area contributed by atoms with Gasteiger partial charge in [-0.05, 0) is 6.92 Å². The summed E-state index contributed by atoms with van der Waals surface area (Å²) in [5.41, 5.74) is -0.136. The molecule has 1 aromatic rings. The molecule has 0 aromatic carbocycles. The Morgan fingerprint density at radius 2 is 2.10 bits per heavy atom. The summed E-state index contributed by atoms with van der Waals surface area (Å²) in [6.45, 7) is 10.6. The van der Waals surface area contributed by atoms with Crippen molar-refractivity contribution in [3.05, 3.63) is 11.7 Å². The molecule has 1 rings (SSSR count). The van der Waals surface area contributed by atoms with Gasteiger partial charge in [-0.25, -0.2) is 0 Å². The standard InChI is InChI=1S/C13H25N5O2/c1-6-19-8-7-15-12(14-5)16-9-10-17-11(20-18-10)13(2,3)4/h6-9H2,1-5H3,(H2,14,15,16). The van der Waals surface area contributed by atoms with Crippen LogP contribution >= 0.6 is 0 Å². The van der Waals surface area contributed by atoms with Gasteiger partial charge in [-0.1, -0.05) is 25.9 Å². The Morgan fingerprint density at radius 1 is 1.35 bits per heavy atom. The van der Waals surface area contributed by atoms with Gasteiger partial charge in [0, 0.05) is 25.6 Å². The molecule has 1 aromatic heterocycles. The second-order valence-corrected chi connectivity index (χ2v) is 5.32. The van der Waals surface area contributed by atoms with Crippen LogP contribution in [-0.4, -0.2) is 42.9 Å². The van der Waals surface area contributed by atoms with Crippen molar-refractivity contribution in [3.63, 3.8) is 0 Å². The van der Waals surface area contributed by atoms with E-state index < -0.39 is 0 Å². The van der Waals surface area contributed by atoms with Crippen molar-refractivity contribution in [3.8, 4) is 0 Å². The van der Waals surface area contributed by atoms with E-state index in [1.54, 1.807) is 7.05 Å². The van der Waals surface area contributed by atoms with Crippen LogP contribution in [0.3, 0.4) is 0 Å². The highest BCUT2D eigenvalue weighted by atomic mass is 16.5. The van der Waals surface area contributed by atoms with Crippen molar-refractivity contribution in [1.82, 2.24) is 20.8 Å². The van der Waals surface area contributed by atoms with Crippen LogP contribution < -0.4 is 10.6 Å². The van der Waals surface area contributed by atoms with Gasteiger partial charge in [0.15, 0.2) is 11.8 Å². The lowest BCUT2D eigenvalue weighted by atomic mass is 9.97. The zero-order valence-corrected chi connectivity index (χ0v) is 13.0. The van der Waals surface area contributed by atoms with E-state index in [1.165, 1.54) is 0 Å². The number of nitrogens with one attached hydrogen (secondary N) is 2. The fraction of sp³-hybridized carbons (Fsp3) is 0.769. The molecule has 0 radical (unpaired) electrons. The first-order valence-corrected chi connectivity index (χ1v) is 6.82. The van der Waals surface area contributed by atoms with Crippen molar-refractivity contribution in [1.29, 1.82) is 0 Å². The summed E-state index contributed by atoms with van der Waals surface area (Å²) in [4.78, 5) is 8.46. The molecular weight excluding hydrogens is 258 g/mol. The molecule has 0 aliphatic heterocycles. The lowest BCUT2D eigenvalue weighted by Gasteiger charge is -2.11. The van der Waals surface area contributed by atoms with Crippen molar-refractivity contribution in [2.24, 2.45) is 4.99 Å². The molecule has 7 heteroatoms. The molecule has 20 heavy (non-hydrogen) atoms. The Balaban J connectivity index is 2.39. The summed E-state index contributed by atoms with van der Waals surface area (Å²) in [6.07, 6.45) is 0. The second-order valence-electron chi connectivity index (χ2n) is 5.32. The average Bonchev–Trinajstić information content (AvgIpc) is 2.87. The minimum Gasteiger partial charge on any atom is -0.380 e. The third-order valence-electron chi connectivity index (χ3n) is 2.49. The van der Waals surface area contributed by atoms with E-state index >= 15 is 0 Å². The molecule has 0 atom stereocenters. The molecule has 0 bridgehead atoms. The maximum Gasteiger partial charge on any atom is 0.232 e. The molecule has 0 saturated heterocycles. The molecule has 0 spiro atoms. The predicted molar refractivity (Wildman–Crippen MR) is 77.7 cm³/mol. The van der Waals surface area contributed by atoms with Crippen molar-refractivity contribution < 1.29 is 9.26 Å². The van der Waals surface area contributed by atoms with Gasteiger partial charge in [-0.2, -0.15) is 4.98 Å². The van der Waals surface area contributed by atoms with E-state index in [0.29, 0.717) is 44.0 Å². The third-order valence-corrected chi connectivity index (χ3v) is 2.49. The minimum absolute atomic E-state index is 0.136. The van der Waals surface area contributed by atoms with Gasteiger partial charge in [-0.3, -0.25) is 4.99 Å². The molecule has 1 heterocycles. The normalized spacial score (nSPS) is 12.6. The summed E-state index contributed by atoms with van der Waals surface area (Å²) in [5.74, 6) is 1.93. The molecule has 0 saturated carbocycles. The highest BCUT2D eigenvalue weighted by Crippen LogP contribution is 2.19. The monoisotopic (exact) mass is 283 g/mol. The number of aromatic nitrogens is 2. The van der Waals surface area contributed by atoms with Crippen LogP contribution in [0.15, 0.2) is 9.52 Å². The van der Waals surface area contributed by atoms with Gasteiger partial charge in [0.05, 0.1) is 13.2 Å². The molecular formula is C13H25N5O2. The lowest BCUT2D eigenvalue weighted by molar-refractivity contribution is 0.152. The van der Waals surface area contributed by atoms with Crippen LogP contribution in [-0.2, 0) is 16.7 Å². The maximum atomic E-state index is 5.25. The largest absolute Gasteiger partial charge is 0.380 e. The van der Waals surface area contributed by atoms with E-state index in [1.807, 2.05) is 27.7 Å². The topological polar surface area (TPSA) is 84.6 Å². The van der Waals surface area contributed by atoms with Crippen LogP contribution in [0.1, 0.15) is 39.4 Å². The number of nitrogens with zero attached hydrogens (tertiary/aromatic N) is 3. The second kappa shape index (κ2) is 7.84. The third kappa shape index (κ3) is 5.56. The molecule has 0 unspecified atom stereocenters. The van der Waals surface area contributed by atoms with Gasteiger partial charge in [0.2, 0.25) is 5.89 Å². The number of hydrogen-bond acceptors (Lipinski definition) is 5. The Kier molecular flexibility index (Phi) is 6.44. The van der Waals surface area contributed by atoms with Crippen molar-refractivity contribution in [2.45, 2.75) is 39.7 Å². The van der Waals surface area contributed by atoms with Gasteiger partial charge in [0.1, 0.15) is 0 Å². The van der Waals surface area contributed by atoms with E-state index in [0.717, 1.165) is 0 Å². The Bertz CT molecular complexity index is 423. The lowest BCUT2D eigenvalue weighted by Crippen LogP contribution is -2.38. The summed E-state index contributed by atoms with van der Waals surface area (Å²) < 4.78 is 10.5. The Morgan fingerprint density at radius 3 is 2.65 bits per heavy atom. The SMILES string of the molecule is CCOCCNC(=NC)NCc1noc(C(C)(C)C)n1. The molecule has 0 amide bonds. The van der Waals surface area contributed by atoms with Crippen LogP contribution in [0.2, 0.25) is 0 Å². The van der Waals surface area contributed by atoms with E-state index in [4.69, 9.17) is 9.26 Å². The van der Waals surface area contributed by atoms with Crippen LogP contribution in [0.4, 0.5) is 0 Å². The molecule has 7 nitrogen and oxygen atoms in total. The highest BCUT2D eigenvalue weighted by Gasteiger charge is 2.21. The molecule has 114 valence electrons. The van der Waals surface area contributed by atoms with Crippen LogP contribution in [0.25, 0.3) is 0 Å². The predicted octanol–water partition coefficient (Wildman–Crippen LogP) is 1.07. The van der Waals surface area contributed by atoms with E-state index in [-0.39, 0.29) is 5.41 Å².